The Bertz CT molecular complexity index is 813. The van der Waals surface area contributed by atoms with Crippen molar-refractivity contribution in [2.45, 2.75) is 25.8 Å². The summed E-state index contributed by atoms with van der Waals surface area (Å²) in [6, 6.07) is 14.2. The molecule has 0 aliphatic heterocycles. The third-order valence-electron chi connectivity index (χ3n) is 4.84. The number of methoxy groups -OCH3 is 2. The standard InChI is InChI=1S/C21H23NO4/c1-14(15-12-13-15)22(18-10-6-7-11-19(18)25-2)20(23)16-8-4-5-9-17(16)21(24)26-3/h4-11,14-15H,12-13H2,1-3H3/t14-/m1/s1. The van der Waals surface area contributed by atoms with Gasteiger partial charge in [-0.05, 0) is 49.9 Å². The van der Waals surface area contributed by atoms with E-state index in [9.17, 15) is 9.59 Å². The molecule has 0 unspecified atom stereocenters. The highest BCUT2D eigenvalue weighted by atomic mass is 16.5. The Morgan fingerprint density at radius 2 is 1.62 bits per heavy atom. The summed E-state index contributed by atoms with van der Waals surface area (Å²) >= 11 is 0. The summed E-state index contributed by atoms with van der Waals surface area (Å²) in [5.74, 6) is 0.334. The topological polar surface area (TPSA) is 55.8 Å². The number of rotatable bonds is 6. The number of hydrogen-bond acceptors (Lipinski definition) is 4. The monoisotopic (exact) mass is 353 g/mol. The molecule has 1 amide bonds. The van der Waals surface area contributed by atoms with Gasteiger partial charge in [-0.15, -0.1) is 0 Å². The van der Waals surface area contributed by atoms with Crippen LogP contribution in [0.15, 0.2) is 48.5 Å². The van der Waals surface area contributed by atoms with Crippen LogP contribution in [-0.4, -0.2) is 32.1 Å². The Balaban J connectivity index is 2.08. The van der Waals surface area contributed by atoms with E-state index in [0.717, 1.165) is 12.8 Å². The minimum Gasteiger partial charge on any atom is -0.495 e. The number of carbonyl (C=O) groups is 2. The maximum absolute atomic E-state index is 13.5. The number of para-hydroxylation sites is 2. The van der Waals surface area contributed by atoms with Crippen LogP contribution in [0.5, 0.6) is 5.75 Å². The second kappa shape index (κ2) is 7.60. The molecule has 0 N–H and O–H groups in total. The van der Waals surface area contributed by atoms with E-state index < -0.39 is 5.97 Å². The van der Waals surface area contributed by atoms with Crippen LogP contribution in [0, 0.1) is 5.92 Å². The van der Waals surface area contributed by atoms with Crippen molar-refractivity contribution in [3.63, 3.8) is 0 Å². The zero-order chi connectivity index (χ0) is 18.7. The molecule has 0 radical (unpaired) electrons. The zero-order valence-electron chi connectivity index (χ0n) is 15.3. The number of anilines is 1. The molecule has 0 saturated heterocycles. The van der Waals surface area contributed by atoms with Crippen LogP contribution in [0.4, 0.5) is 5.69 Å². The van der Waals surface area contributed by atoms with Crippen molar-refractivity contribution in [1.29, 1.82) is 0 Å². The molecule has 26 heavy (non-hydrogen) atoms. The van der Waals surface area contributed by atoms with Gasteiger partial charge >= 0.3 is 5.97 Å². The molecule has 0 spiro atoms. The molecule has 5 heteroatoms. The molecule has 3 rings (SSSR count). The first-order valence-corrected chi connectivity index (χ1v) is 8.72. The minimum atomic E-state index is -0.520. The van der Waals surface area contributed by atoms with Crippen LogP contribution in [0.1, 0.15) is 40.5 Å². The Morgan fingerprint density at radius 3 is 2.23 bits per heavy atom. The summed E-state index contributed by atoms with van der Waals surface area (Å²) < 4.78 is 10.3. The van der Waals surface area contributed by atoms with Gasteiger partial charge in [0.15, 0.2) is 0 Å². The van der Waals surface area contributed by atoms with E-state index in [1.54, 1.807) is 36.3 Å². The van der Waals surface area contributed by atoms with Gasteiger partial charge in [0.1, 0.15) is 5.75 Å². The molecule has 136 valence electrons. The Labute approximate surface area is 153 Å². The van der Waals surface area contributed by atoms with Crippen LogP contribution in [0.2, 0.25) is 0 Å². The molecule has 0 heterocycles. The molecular weight excluding hydrogens is 330 g/mol. The van der Waals surface area contributed by atoms with Crippen LogP contribution >= 0.6 is 0 Å². The van der Waals surface area contributed by atoms with E-state index in [2.05, 4.69) is 0 Å². The molecule has 0 bridgehead atoms. The number of hydrogen-bond donors (Lipinski definition) is 0. The summed E-state index contributed by atoms with van der Waals surface area (Å²) in [6.07, 6.45) is 2.19. The lowest BCUT2D eigenvalue weighted by atomic mass is 10.0. The van der Waals surface area contributed by atoms with E-state index in [1.165, 1.54) is 7.11 Å². The number of nitrogens with zero attached hydrogens (tertiary/aromatic N) is 1. The second-order valence-corrected chi connectivity index (χ2v) is 6.46. The van der Waals surface area contributed by atoms with Crippen molar-refractivity contribution in [3.8, 4) is 5.75 Å². The molecule has 2 aromatic rings. The molecule has 1 atom stereocenters. The Hall–Kier alpha value is -2.82. The highest BCUT2D eigenvalue weighted by Crippen LogP contribution is 2.40. The third kappa shape index (κ3) is 3.43. The van der Waals surface area contributed by atoms with E-state index in [0.29, 0.717) is 22.9 Å². The first-order valence-electron chi connectivity index (χ1n) is 8.72. The van der Waals surface area contributed by atoms with Crippen molar-refractivity contribution in [1.82, 2.24) is 0 Å². The predicted molar refractivity (Wildman–Crippen MR) is 99.8 cm³/mol. The highest BCUT2D eigenvalue weighted by Gasteiger charge is 2.37. The maximum atomic E-state index is 13.5. The molecule has 2 aromatic carbocycles. The second-order valence-electron chi connectivity index (χ2n) is 6.46. The lowest BCUT2D eigenvalue weighted by Crippen LogP contribution is -2.41. The van der Waals surface area contributed by atoms with Crippen molar-refractivity contribution in [2.24, 2.45) is 5.92 Å². The largest absolute Gasteiger partial charge is 0.495 e. The summed E-state index contributed by atoms with van der Waals surface area (Å²) in [5, 5.41) is 0. The van der Waals surface area contributed by atoms with E-state index in [1.807, 2.05) is 31.2 Å². The SMILES string of the molecule is COC(=O)c1ccccc1C(=O)N(c1ccccc1OC)[C@H](C)C1CC1. The predicted octanol–water partition coefficient (Wildman–Crippen LogP) is 3.93. The van der Waals surface area contributed by atoms with Gasteiger partial charge < -0.3 is 14.4 Å². The first kappa shape index (κ1) is 18.0. The maximum Gasteiger partial charge on any atom is 0.338 e. The van der Waals surface area contributed by atoms with E-state index in [4.69, 9.17) is 9.47 Å². The number of ether oxygens (including phenoxy) is 2. The number of amides is 1. The molecular formula is C21H23NO4. The number of carbonyl (C=O) groups excluding carboxylic acids is 2. The third-order valence-corrected chi connectivity index (χ3v) is 4.84. The first-order chi connectivity index (χ1) is 12.6. The molecule has 1 aliphatic carbocycles. The van der Waals surface area contributed by atoms with Crippen LogP contribution in [0.25, 0.3) is 0 Å². The summed E-state index contributed by atoms with van der Waals surface area (Å²) in [4.78, 5) is 27.4. The average molecular weight is 353 g/mol. The zero-order valence-corrected chi connectivity index (χ0v) is 15.3. The van der Waals surface area contributed by atoms with Gasteiger partial charge in [0.05, 0.1) is 31.0 Å². The molecule has 1 fully saturated rings. The van der Waals surface area contributed by atoms with Gasteiger partial charge in [0.2, 0.25) is 0 Å². The van der Waals surface area contributed by atoms with Crippen molar-refractivity contribution in [2.75, 3.05) is 19.1 Å². The van der Waals surface area contributed by atoms with Crippen molar-refractivity contribution >= 4 is 17.6 Å². The number of benzene rings is 2. The number of esters is 1. The van der Waals surface area contributed by atoms with Gasteiger partial charge in [-0.25, -0.2) is 4.79 Å². The Kier molecular flexibility index (Phi) is 5.26. The van der Waals surface area contributed by atoms with Crippen LogP contribution in [0.3, 0.4) is 0 Å². The van der Waals surface area contributed by atoms with Gasteiger partial charge in [-0.3, -0.25) is 4.79 Å². The Morgan fingerprint density at radius 1 is 1.00 bits per heavy atom. The van der Waals surface area contributed by atoms with Gasteiger partial charge in [0.25, 0.3) is 5.91 Å². The van der Waals surface area contributed by atoms with Crippen molar-refractivity contribution < 1.29 is 19.1 Å². The van der Waals surface area contributed by atoms with Crippen molar-refractivity contribution in [3.05, 3.63) is 59.7 Å². The molecule has 1 aliphatic rings. The minimum absolute atomic E-state index is 0.00417. The average Bonchev–Trinajstić information content (AvgIpc) is 3.53. The quantitative estimate of drug-likeness (QED) is 0.739. The van der Waals surface area contributed by atoms with Crippen LogP contribution < -0.4 is 9.64 Å². The fraction of sp³-hybridized carbons (Fsp3) is 0.333. The van der Waals surface area contributed by atoms with Crippen LogP contribution in [-0.2, 0) is 4.74 Å². The lowest BCUT2D eigenvalue weighted by Gasteiger charge is -2.31. The molecule has 1 saturated carbocycles. The normalized spacial score (nSPS) is 14.4. The van der Waals surface area contributed by atoms with E-state index in [-0.39, 0.29) is 17.5 Å². The summed E-state index contributed by atoms with van der Waals surface area (Å²) in [5.41, 5.74) is 1.31. The van der Waals surface area contributed by atoms with Gasteiger partial charge in [-0.1, -0.05) is 24.3 Å². The fourth-order valence-corrected chi connectivity index (χ4v) is 3.22. The molecule has 0 aromatic heterocycles. The fourth-order valence-electron chi connectivity index (χ4n) is 3.22. The lowest BCUT2D eigenvalue weighted by molar-refractivity contribution is 0.0597. The van der Waals surface area contributed by atoms with E-state index >= 15 is 0 Å². The smallest absolute Gasteiger partial charge is 0.338 e. The summed E-state index contributed by atoms with van der Waals surface area (Å²) in [7, 11) is 2.90. The van der Waals surface area contributed by atoms with Gasteiger partial charge in [0, 0.05) is 6.04 Å². The molecule has 5 nitrogen and oxygen atoms in total. The van der Waals surface area contributed by atoms with Gasteiger partial charge in [-0.2, -0.15) is 0 Å². The summed E-state index contributed by atoms with van der Waals surface area (Å²) in [6.45, 7) is 2.04. The highest BCUT2D eigenvalue weighted by molar-refractivity contribution is 6.13.